The molecule has 0 unspecified atom stereocenters. The van der Waals surface area contributed by atoms with Crippen LogP contribution in [0, 0.1) is 5.92 Å². The molecule has 26 heavy (non-hydrogen) atoms. The number of ether oxygens (including phenoxy) is 1. The highest BCUT2D eigenvalue weighted by Crippen LogP contribution is 2.44. The molecule has 2 aromatic rings. The van der Waals surface area contributed by atoms with Crippen molar-refractivity contribution in [3.05, 3.63) is 75.8 Å². The fourth-order valence-electron chi connectivity index (χ4n) is 3.03. The van der Waals surface area contributed by atoms with E-state index in [1.807, 2.05) is 30.3 Å². The van der Waals surface area contributed by atoms with Crippen LogP contribution in [0.15, 0.2) is 70.2 Å². The van der Waals surface area contributed by atoms with Gasteiger partial charge in [0.2, 0.25) is 0 Å². The standard InChI is InChI=1S/C20H17ClO4S/c1-25-20(24)17-15(12-5-3-2-4-6-12)11-16(22)19(18(17)23)26-14-9-7-13(21)8-10-14/h2-10,15,17,23H,11H2,1H3/t15-,17+/m0/s1. The summed E-state index contributed by atoms with van der Waals surface area (Å²) in [5.74, 6) is -2.35. The average molecular weight is 389 g/mol. The minimum absolute atomic E-state index is 0.129. The van der Waals surface area contributed by atoms with Crippen LogP contribution in [0.1, 0.15) is 17.9 Å². The van der Waals surface area contributed by atoms with Crippen molar-refractivity contribution < 1.29 is 19.4 Å². The molecule has 0 bridgehead atoms. The summed E-state index contributed by atoms with van der Waals surface area (Å²) in [4.78, 5) is 26.0. The lowest BCUT2D eigenvalue weighted by Crippen LogP contribution is -2.32. The lowest BCUT2D eigenvalue weighted by Gasteiger charge is -2.30. The van der Waals surface area contributed by atoms with Crippen LogP contribution in [0.3, 0.4) is 0 Å². The van der Waals surface area contributed by atoms with Gasteiger partial charge in [-0.05, 0) is 29.8 Å². The third-order valence-electron chi connectivity index (χ3n) is 4.30. The van der Waals surface area contributed by atoms with E-state index < -0.39 is 17.8 Å². The van der Waals surface area contributed by atoms with Crippen molar-refractivity contribution in [1.82, 2.24) is 0 Å². The largest absolute Gasteiger partial charge is 0.510 e. The van der Waals surface area contributed by atoms with Gasteiger partial charge in [0.1, 0.15) is 11.7 Å². The minimum atomic E-state index is -0.907. The van der Waals surface area contributed by atoms with E-state index in [0.29, 0.717) is 5.02 Å². The summed E-state index contributed by atoms with van der Waals surface area (Å²) in [5.41, 5.74) is 0.818. The molecule has 0 fully saturated rings. The molecule has 0 spiro atoms. The molecule has 0 aromatic heterocycles. The van der Waals surface area contributed by atoms with Crippen molar-refractivity contribution in [3.8, 4) is 0 Å². The number of thioether (sulfide) groups is 1. The van der Waals surface area contributed by atoms with E-state index in [-0.39, 0.29) is 22.9 Å². The predicted octanol–water partition coefficient (Wildman–Crippen LogP) is 4.75. The molecular weight excluding hydrogens is 372 g/mol. The SMILES string of the molecule is COC(=O)[C@H]1C(O)=C(Sc2ccc(Cl)cc2)C(=O)C[C@H]1c1ccccc1. The molecular formula is C20H17ClO4S. The zero-order chi connectivity index (χ0) is 18.7. The molecule has 2 atom stereocenters. The van der Waals surface area contributed by atoms with Gasteiger partial charge in [0.15, 0.2) is 5.78 Å². The van der Waals surface area contributed by atoms with E-state index in [4.69, 9.17) is 16.3 Å². The lowest BCUT2D eigenvalue weighted by atomic mass is 9.77. The number of benzene rings is 2. The summed E-state index contributed by atoms with van der Waals surface area (Å²) in [6, 6.07) is 16.2. The number of rotatable bonds is 4. The Balaban J connectivity index is 2.00. The molecule has 1 N–H and O–H groups in total. The van der Waals surface area contributed by atoms with Crippen molar-refractivity contribution in [2.45, 2.75) is 17.2 Å². The third-order valence-corrected chi connectivity index (χ3v) is 5.71. The van der Waals surface area contributed by atoms with Gasteiger partial charge < -0.3 is 9.84 Å². The molecule has 0 aliphatic heterocycles. The number of methoxy groups -OCH3 is 1. The number of hydrogen-bond acceptors (Lipinski definition) is 5. The molecule has 0 saturated carbocycles. The van der Waals surface area contributed by atoms with Gasteiger partial charge in [-0.2, -0.15) is 0 Å². The highest BCUT2D eigenvalue weighted by Gasteiger charge is 2.42. The maximum atomic E-state index is 12.7. The van der Waals surface area contributed by atoms with E-state index in [1.54, 1.807) is 24.3 Å². The molecule has 2 aromatic carbocycles. The first-order valence-corrected chi connectivity index (χ1v) is 9.23. The second-order valence-electron chi connectivity index (χ2n) is 5.92. The molecule has 0 radical (unpaired) electrons. The fourth-order valence-corrected chi connectivity index (χ4v) is 4.09. The molecule has 1 aliphatic carbocycles. The first-order valence-electron chi connectivity index (χ1n) is 8.03. The van der Waals surface area contributed by atoms with Crippen molar-refractivity contribution >= 4 is 35.1 Å². The number of carbonyl (C=O) groups excluding carboxylic acids is 2. The summed E-state index contributed by atoms with van der Waals surface area (Å²) in [7, 11) is 1.28. The Morgan fingerprint density at radius 3 is 2.42 bits per heavy atom. The van der Waals surface area contributed by atoms with Crippen molar-refractivity contribution in [2.24, 2.45) is 5.92 Å². The van der Waals surface area contributed by atoms with E-state index in [0.717, 1.165) is 22.2 Å². The van der Waals surface area contributed by atoms with Crippen LogP contribution >= 0.6 is 23.4 Å². The molecule has 0 saturated heterocycles. The predicted molar refractivity (Wildman–Crippen MR) is 101 cm³/mol. The number of halogens is 1. The number of Topliss-reactive ketones (excluding diaryl/α,β-unsaturated/α-hetero) is 1. The van der Waals surface area contributed by atoms with Gasteiger partial charge in [-0.25, -0.2) is 0 Å². The monoisotopic (exact) mass is 388 g/mol. The van der Waals surface area contributed by atoms with Gasteiger partial charge in [0.05, 0.1) is 12.0 Å². The van der Waals surface area contributed by atoms with Crippen LogP contribution < -0.4 is 0 Å². The average Bonchev–Trinajstić information content (AvgIpc) is 2.66. The van der Waals surface area contributed by atoms with Crippen LogP contribution in [0.25, 0.3) is 0 Å². The number of aliphatic hydroxyl groups is 1. The molecule has 4 nitrogen and oxygen atoms in total. The normalized spacial score (nSPS) is 20.2. The zero-order valence-electron chi connectivity index (χ0n) is 14.0. The van der Waals surface area contributed by atoms with Crippen molar-refractivity contribution in [2.75, 3.05) is 7.11 Å². The maximum absolute atomic E-state index is 12.7. The van der Waals surface area contributed by atoms with E-state index in [2.05, 4.69) is 0 Å². The maximum Gasteiger partial charge on any atom is 0.317 e. The summed E-state index contributed by atoms with van der Waals surface area (Å²) in [6.45, 7) is 0. The van der Waals surface area contributed by atoms with Crippen LogP contribution in [-0.2, 0) is 14.3 Å². The fraction of sp³-hybridized carbons (Fsp3) is 0.200. The van der Waals surface area contributed by atoms with Gasteiger partial charge in [-0.3, -0.25) is 9.59 Å². The quantitative estimate of drug-likeness (QED) is 0.766. The van der Waals surface area contributed by atoms with Crippen LogP contribution in [0.5, 0.6) is 0 Å². The zero-order valence-corrected chi connectivity index (χ0v) is 15.6. The number of esters is 1. The molecule has 1 aliphatic rings. The smallest absolute Gasteiger partial charge is 0.317 e. The number of allylic oxidation sites excluding steroid dienone is 1. The molecule has 0 amide bonds. The summed E-state index contributed by atoms with van der Waals surface area (Å²) in [6.07, 6.45) is 0.129. The minimum Gasteiger partial charge on any atom is -0.510 e. The van der Waals surface area contributed by atoms with Crippen LogP contribution in [-0.4, -0.2) is 24.0 Å². The second kappa shape index (κ2) is 7.98. The topological polar surface area (TPSA) is 63.6 Å². The third kappa shape index (κ3) is 3.79. The molecule has 134 valence electrons. The molecule has 3 rings (SSSR count). The van der Waals surface area contributed by atoms with Crippen LogP contribution in [0.4, 0.5) is 0 Å². The lowest BCUT2D eigenvalue weighted by molar-refractivity contribution is -0.146. The van der Waals surface area contributed by atoms with Gasteiger partial charge in [0, 0.05) is 22.3 Å². The Hall–Kier alpha value is -2.24. The Morgan fingerprint density at radius 2 is 1.81 bits per heavy atom. The van der Waals surface area contributed by atoms with E-state index in [9.17, 15) is 14.7 Å². The van der Waals surface area contributed by atoms with Gasteiger partial charge in [-0.1, -0.05) is 53.7 Å². The van der Waals surface area contributed by atoms with E-state index in [1.165, 1.54) is 7.11 Å². The summed E-state index contributed by atoms with van der Waals surface area (Å²) in [5, 5.41) is 11.3. The number of hydrogen-bond donors (Lipinski definition) is 1. The highest BCUT2D eigenvalue weighted by molar-refractivity contribution is 8.04. The highest BCUT2D eigenvalue weighted by atomic mass is 35.5. The Bertz CT molecular complexity index is 846. The van der Waals surface area contributed by atoms with E-state index >= 15 is 0 Å². The number of carbonyl (C=O) groups is 2. The van der Waals surface area contributed by atoms with Gasteiger partial charge >= 0.3 is 5.97 Å². The summed E-state index contributed by atoms with van der Waals surface area (Å²) >= 11 is 7.02. The van der Waals surface area contributed by atoms with Crippen molar-refractivity contribution in [3.63, 3.8) is 0 Å². The first-order chi connectivity index (χ1) is 12.5. The Kier molecular flexibility index (Phi) is 5.69. The van der Waals surface area contributed by atoms with Gasteiger partial charge in [-0.15, -0.1) is 0 Å². The van der Waals surface area contributed by atoms with Crippen LogP contribution in [0.2, 0.25) is 5.02 Å². The first kappa shape index (κ1) is 18.5. The number of ketones is 1. The molecule has 6 heteroatoms. The van der Waals surface area contributed by atoms with Gasteiger partial charge in [0.25, 0.3) is 0 Å². The van der Waals surface area contributed by atoms with Crippen molar-refractivity contribution in [1.29, 1.82) is 0 Å². The molecule has 0 heterocycles. The Labute approximate surface area is 160 Å². The number of aliphatic hydroxyl groups excluding tert-OH is 1. The Morgan fingerprint density at radius 1 is 1.15 bits per heavy atom. The summed E-state index contributed by atoms with van der Waals surface area (Å²) < 4.78 is 4.89. The second-order valence-corrected chi connectivity index (χ2v) is 7.44.